The first-order valence-corrected chi connectivity index (χ1v) is 4.31. The van der Waals surface area contributed by atoms with Gasteiger partial charge in [-0.05, 0) is 6.92 Å². The molecule has 1 aliphatic rings. The molecule has 0 aromatic rings. The van der Waals surface area contributed by atoms with Crippen LogP contribution in [0.1, 0.15) is 13.3 Å². The standard InChI is InChI=1S/C6H7Cl3O2/c1-2-11-4(10)5(7)3-6(5,8)9/h2-3H2,1H3. The van der Waals surface area contributed by atoms with Crippen LogP contribution in [0.5, 0.6) is 0 Å². The lowest BCUT2D eigenvalue weighted by atomic mass is 10.4. The summed E-state index contributed by atoms with van der Waals surface area (Å²) in [6.07, 6.45) is 0.253. The number of rotatable bonds is 2. The minimum Gasteiger partial charge on any atom is -0.465 e. The Morgan fingerprint density at radius 2 is 2.00 bits per heavy atom. The summed E-state index contributed by atoms with van der Waals surface area (Å²) in [7, 11) is 0. The van der Waals surface area contributed by atoms with Gasteiger partial charge in [-0.3, -0.25) is 4.79 Å². The molecule has 1 fully saturated rings. The number of ether oxygens (including phenoxy) is 1. The van der Waals surface area contributed by atoms with E-state index in [4.69, 9.17) is 34.8 Å². The monoisotopic (exact) mass is 216 g/mol. The molecule has 0 aromatic carbocycles. The second-order valence-electron chi connectivity index (χ2n) is 2.40. The van der Waals surface area contributed by atoms with Crippen LogP contribution in [-0.2, 0) is 9.53 Å². The highest BCUT2D eigenvalue weighted by molar-refractivity contribution is 6.61. The highest BCUT2D eigenvalue weighted by Gasteiger charge is 2.72. The van der Waals surface area contributed by atoms with Gasteiger partial charge in [0.25, 0.3) is 0 Å². The molecule has 0 N–H and O–H groups in total. The molecule has 1 saturated carbocycles. The van der Waals surface area contributed by atoms with Crippen molar-refractivity contribution in [2.24, 2.45) is 0 Å². The number of hydrogen-bond acceptors (Lipinski definition) is 2. The van der Waals surface area contributed by atoms with Crippen LogP contribution in [0.15, 0.2) is 0 Å². The van der Waals surface area contributed by atoms with E-state index in [1.165, 1.54) is 0 Å². The van der Waals surface area contributed by atoms with Gasteiger partial charge < -0.3 is 4.74 Å². The van der Waals surface area contributed by atoms with Gasteiger partial charge in [0.2, 0.25) is 0 Å². The zero-order valence-corrected chi connectivity index (χ0v) is 8.13. The molecule has 1 rings (SSSR count). The maximum Gasteiger partial charge on any atom is 0.330 e. The molecule has 64 valence electrons. The normalized spacial score (nSPS) is 33.1. The molecular weight excluding hydrogens is 210 g/mol. The summed E-state index contributed by atoms with van der Waals surface area (Å²) in [5.74, 6) is -0.535. The molecule has 11 heavy (non-hydrogen) atoms. The predicted molar refractivity (Wildman–Crippen MR) is 44.3 cm³/mol. The fourth-order valence-electron chi connectivity index (χ4n) is 0.729. The molecule has 1 aliphatic carbocycles. The largest absolute Gasteiger partial charge is 0.465 e. The van der Waals surface area contributed by atoms with Crippen molar-refractivity contribution in [3.8, 4) is 0 Å². The average molecular weight is 217 g/mol. The lowest BCUT2D eigenvalue weighted by Crippen LogP contribution is -2.24. The third-order valence-electron chi connectivity index (χ3n) is 1.52. The van der Waals surface area contributed by atoms with E-state index in [9.17, 15) is 4.79 Å². The van der Waals surface area contributed by atoms with E-state index >= 15 is 0 Å². The summed E-state index contributed by atoms with van der Waals surface area (Å²) >= 11 is 17.0. The smallest absolute Gasteiger partial charge is 0.330 e. The third kappa shape index (κ3) is 1.44. The van der Waals surface area contributed by atoms with E-state index < -0.39 is 15.2 Å². The van der Waals surface area contributed by atoms with Gasteiger partial charge in [0, 0.05) is 6.42 Å². The zero-order chi connectivity index (χ0) is 8.70. The van der Waals surface area contributed by atoms with Crippen molar-refractivity contribution in [1.82, 2.24) is 0 Å². The van der Waals surface area contributed by atoms with Gasteiger partial charge in [-0.1, -0.05) is 23.2 Å². The summed E-state index contributed by atoms with van der Waals surface area (Å²) in [5.41, 5.74) is 0. The van der Waals surface area contributed by atoms with Crippen LogP contribution in [0, 0.1) is 0 Å². The van der Waals surface area contributed by atoms with Crippen LogP contribution >= 0.6 is 34.8 Å². The Kier molecular flexibility index (Phi) is 2.30. The van der Waals surface area contributed by atoms with Crippen molar-refractivity contribution >= 4 is 40.8 Å². The molecule has 1 unspecified atom stereocenters. The van der Waals surface area contributed by atoms with Crippen molar-refractivity contribution in [3.63, 3.8) is 0 Å². The summed E-state index contributed by atoms with van der Waals surface area (Å²) in [6, 6.07) is 0. The Labute approximate surface area is 79.7 Å². The van der Waals surface area contributed by atoms with Gasteiger partial charge in [0.15, 0.2) is 9.21 Å². The van der Waals surface area contributed by atoms with Crippen molar-refractivity contribution in [1.29, 1.82) is 0 Å². The molecule has 1 atom stereocenters. The molecule has 0 heterocycles. The topological polar surface area (TPSA) is 26.3 Å². The lowest BCUT2D eigenvalue weighted by Gasteiger charge is -2.07. The fraction of sp³-hybridized carbons (Fsp3) is 0.833. The molecule has 0 aromatic heterocycles. The second kappa shape index (κ2) is 2.68. The van der Waals surface area contributed by atoms with Crippen molar-refractivity contribution < 1.29 is 9.53 Å². The first kappa shape index (κ1) is 9.43. The molecule has 5 heteroatoms. The van der Waals surface area contributed by atoms with Crippen molar-refractivity contribution in [2.45, 2.75) is 22.6 Å². The van der Waals surface area contributed by atoms with Gasteiger partial charge in [0.05, 0.1) is 6.61 Å². The second-order valence-corrected chi connectivity index (χ2v) is 4.53. The molecule has 0 saturated heterocycles. The summed E-state index contributed by atoms with van der Waals surface area (Å²) in [6.45, 7) is 1.99. The molecule has 2 nitrogen and oxygen atoms in total. The fourth-order valence-corrected chi connectivity index (χ4v) is 1.68. The van der Waals surface area contributed by atoms with E-state index in [1.807, 2.05) is 0 Å². The van der Waals surface area contributed by atoms with Gasteiger partial charge in [-0.15, -0.1) is 11.6 Å². The average Bonchev–Trinajstić information content (AvgIpc) is 2.35. The minimum absolute atomic E-state index is 0.253. The predicted octanol–water partition coefficient (Wildman–Crippen LogP) is 2.10. The van der Waals surface area contributed by atoms with Crippen LogP contribution in [0.2, 0.25) is 0 Å². The number of carbonyl (C=O) groups excluding carboxylic acids is 1. The van der Waals surface area contributed by atoms with E-state index in [1.54, 1.807) is 6.92 Å². The van der Waals surface area contributed by atoms with Crippen LogP contribution in [0.4, 0.5) is 0 Å². The molecule has 0 aliphatic heterocycles. The molecular formula is C6H7Cl3O2. The molecule has 0 bridgehead atoms. The zero-order valence-electron chi connectivity index (χ0n) is 5.86. The summed E-state index contributed by atoms with van der Waals surface area (Å²) in [4.78, 5) is 9.82. The maximum atomic E-state index is 11.0. The van der Waals surface area contributed by atoms with Crippen molar-refractivity contribution in [2.75, 3.05) is 6.61 Å². The Morgan fingerprint density at radius 1 is 1.55 bits per heavy atom. The number of hydrogen-bond donors (Lipinski definition) is 0. The molecule has 0 amide bonds. The Morgan fingerprint density at radius 3 is 2.27 bits per heavy atom. The number of carbonyl (C=O) groups is 1. The number of halogens is 3. The SMILES string of the molecule is CCOC(=O)C1(Cl)CC1(Cl)Cl. The quantitative estimate of drug-likeness (QED) is 0.523. The summed E-state index contributed by atoms with van der Waals surface area (Å²) < 4.78 is 3.53. The van der Waals surface area contributed by atoms with Crippen LogP contribution in [0.25, 0.3) is 0 Å². The van der Waals surface area contributed by atoms with Gasteiger partial charge in [-0.25, -0.2) is 0 Å². The Bertz CT molecular complexity index is 192. The number of alkyl halides is 3. The van der Waals surface area contributed by atoms with E-state index in [-0.39, 0.29) is 13.0 Å². The molecule has 0 spiro atoms. The Balaban J connectivity index is 2.57. The van der Waals surface area contributed by atoms with E-state index in [2.05, 4.69) is 4.74 Å². The first-order chi connectivity index (χ1) is 4.94. The molecule has 0 radical (unpaired) electrons. The van der Waals surface area contributed by atoms with Crippen molar-refractivity contribution in [3.05, 3.63) is 0 Å². The third-order valence-corrected chi connectivity index (χ3v) is 3.24. The van der Waals surface area contributed by atoms with Crippen LogP contribution in [-0.4, -0.2) is 21.8 Å². The van der Waals surface area contributed by atoms with Gasteiger partial charge in [0.1, 0.15) is 0 Å². The van der Waals surface area contributed by atoms with Crippen LogP contribution in [0.3, 0.4) is 0 Å². The minimum atomic E-state index is -1.20. The van der Waals surface area contributed by atoms with E-state index in [0.29, 0.717) is 0 Å². The summed E-state index contributed by atoms with van der Waals surface area (Å²) in [5, 5.41) is 0. The maximum absolute atomic E-state index is 11.0. The first-order valence-electron chi connectivity index (χ1n) is 3.18. The van der Waals surface area contributed by atoms with Gasteiger partial charge >= 0.3 is 5.97 Å². The highest BCUT2D eigenvalue weighted by atomic mass is 35.5. The lowest BCUT2D eigenvalue weighted by molar-refractivity contribution is -0.143. The number of esters is 1. The van der Waals surface area contributed by atoms with Crippen LogP contribution < -0.4 is 0 Å². The highest BCUT2D eigenvalue weighted by Crippen LogP contribution is 2.61. The Hall–Kier alpha value is 0.340. The van der Waals surface area contributed by atoms with E-state index in [0.717, 1.165) is 0 Å². The van der Waals surface area contributed by atoms with Gasteiger partial charge in [-0.2, -0.15) is 0 Å².